The summed E-state index contributed by atoms with van der Waals surface area (Å²) in [6.07, 6.45) is 3.16. The van der Waals surface area contributed by atoms with E-state index in [1.54, 1.807) is 6.07 Å². The van der Waals surface area contributed by atoms with E-state index < -0.39 is 16.1 Å². The number of nitrogens with one attached hydrogen (secondary N) is 2. The van der Waals surface area contributed by atoms with Crippen molar-refractivity contribution in [3.63, 3.8) is 0 Å². The highest BCUT2D eigenvalue weighted by Gasteiger charge is 2.19. The SMILES string of the molecule is CS(=O)(=O)Nc1cc(OC[C@H](O)CNCC2CCc3cc(O)ccc3C2)ccc1O. The van der Waals surface area contributed by atoms with Gasteiger partial charge in [-0.2, -0.15) is 0 Å². The van der Waals surface area contributed by atoms with Crippen LogP contribution in [0.5, 0.6) is 17.2 Å². The largest absolute Gasteiger partial charge is 0.508 e. The van der Waals surface area contributed by atoms with Crippen LogP contribution < -0.4 is 14.8 Å². The molecule has 0 saturated carbocycles. The van der Waals surface area contributed by atoms with E-state index in [2.05, 4.69) is 10.0 Å². The number of fused-ring (bicyclic) bond motifs is 1. The third-order valence-electron chi connectivity index (χ3n) is 5.04. The Kier molecular flexibility index (Phi) is 7.06. The molecule has 0 fully saturated rings. The minimum atomic E-state index is -3.53. The lowest BCUT2D eigenvalue weighted by atomic mass is 9.84. The first-order valence-corrected chi connectivity index (χ1v) is 11.7. The van der Waals surface area contributed by atoms with Crippen LogP contribution in [0.3, 0.4) is 0 Å². The Labute approximate surface area is 176 Å². The van der Waals surface area contributed by atoms with Crippen LogP contribution in [-0.2, 0) is 22.9 Å². The molecule has 3 rings (SSSR count). The number of hydrogen-bond acceptors (Lipinski definition) is 7. The fraction of sp³-hybridized carbons (Fsp3) is 0.429. The number of rotatable bonds is 9. The Balaban J connectivity index is 1.42. The van der Waals surface area contributed by atoms with Crippen LogP contribution in [0.25, 0.3) is 0 Å². The molecule has 8 nitrogen and oxygen atoms in total. The van der Waals surface area contributed by atoms with Gasteiger partial charge in [-0.05, 0) is 67.1 Å². The third-order valence-corrected chi connectivity index (χ3v) is 5.63. The van der Waals surface area contributed by atoms with Crippen molar-refractivity contribution >= 4 is 15.7 Å². The number of aliphatic hydroxyl groups is 1. The zero-order valence-electron chi connectivity index (χ0n) is 16.8. The Morgan fingerprint density at radius 2 is 1.97 bits per heavy atom. The zero-order valence-corrected chi connectivity index (χ0v) is 17.7. The Morgan fingerprint density at radius 3 is 2.73 bits per heavy atom. The molecule has 1 aliphatic rings. The fourth-order valence-electron chi connectivity index (χ4n) is 3.58. The minimum absolute atomic E-state index is 0.0218. The standard InChI is InChI=1S/C21H28N2O6S/c1-30(27,28)23-20-10-19(6-7-21(20)26)29-13-18(25)12-22-11-14-2-3-16-9-17(24)5-4-15(16)8-14/h4-7,9-10,14,18,22-26H,2-3,8,11-13H2,1H3/t14?,18-/m1/s1. The van der Waals surface area contributed by atoms with Crippen molar-refractivity contribution in [3.8, 4) is 17.2 Å². The average molecular weight is 437 g/mol. The van der Waals surface area contributed by atoms with Crippen LogP contribution in [-0.4, -0.2) is 55.8 Å². The van der Waals surface area contributed by atoms with Gasteiger partial charge in [0.1, 0.15) is 30.0 Å². The smallest absolute Gasteiger partial charge is 0.229 e. The van der Waals surface area contributed by atoms with Gasteiger partial charge in [0.15, 0.2) is 0 Å². The minimum Gasteiger partial charge on any atom is -0.508 e. The number of benzene rings is 2. The molecule has 0 radical (unpaired) electrons. The number of aliphatic hydroxyl groups excluding tert-OH is 1. The summed E-state index contributed by atoms with van der Waals surface area (Å²) < 4.78 is 30.4. The predicted molar refractivity (Wildman–Crippen MR) is 115 cm³/mol. The molecule has 1 aliphatic carbocycles. The normalized spacial score (nSPS) is 17.2. The number of aromatic hydroxyl groups is 2. The summed E-state index contributed by atoms with van der Waals surface area (Å²) in [6, 6.07) is 9.72. The van der Waals surface area contributed by atoms with E-state index in [4.69, 9.17) is 4.74 Å². The summed E-state index contributed by atoms with van der Waals surface area (Å²) in [4.78, 5) is 0. The van der Waals surface area contributed by atoms with Gasteiger partial charge >= 0.3 is 0 Å². The van der Waals surface area contributed by atoms with Gasteiger partial charge in [0.25, 0.3) is 0 Å². The van der Waals surface area contributed by atoms with E-state index in [0.717, 1.165) is 32.1 Å². The van der Waals surface area contributed by atoms with E-state index in [0.29, 0.717) is 24.0 Å². The third kappa shape index (κ3) is 6.51. The molecule has 0 saturated heterocycles. The Morgan fingerprint density at radius 1 is 1.17 bits per heavy atom. The first-order valence-electron chi connectivity index (χ1n) is 9.83. The van der Waals surface area contributed by atoms with Crippen molar-refractivity contribution in [1.29, 1.82) is 0 Å². The molecule has 2 aromatic rings. The van der Waals surface area contributed by atoms with Gasteiger partial charge in [-0.25, -0.2) is 8.42 Å². The second-order valence-electron chi connectivity index (χ2n) is 7.74. The topological polar surface area (TPSA) is 128 Å². The summed E-state index contributed by atoms with van der Waals surface area (Å²) in [7, 11) is -3.53. The second-order valence-corrected chi connectivity index (χ2v) is 9.49. The van der Waals surface area contributed by atoms with Crippen LogP contribution in [0.1, 0.15) is 17.5 Å². The van der Waals surface area contributed by atoms with Crippen molar-refractivity contribution < 1.29 is 28.5 Å². The van der Waals surface area contributed by atoms with Gasteiger partial charge in [-0.15, -0.1) is 0 Å². The molecule has 30 heavy (non-hydrogen) atoms. The Bertz CT molecular complexity index is 979. The van der Waals surface area contributed by atoms with Crippen LogP contribution in [0.4, 0.5) is 5.69 Å². The van der Waals surface area contributed by atoms with Gasteiger partial charge in [-0.1, -0.05) is 6.07 Å². The lowest BCUT2D eigenvalue weighted by Crippen LogP contribution is -2.35. The molecule has 2 aromatic carbocycles. The van der Waals surface area contributed by atoms with E-state index in [-0.39, 0.29) is 18.0 Å². The molecule has 9 heteroatoms. The molecule has 0 aromatic heterocycles. The monoisotopic (exact) mass is 436 g/mol. The molecular weight excluding hydrogens is 408 g/mol. The number of ether oxygens (including phenoxy) is 1. The number of anilines is 1. The molecule has 164 valence electrons. The molecule has 2 atom stereocenters. The molecule has 1 unspecified atom stereocenters. The highest BCUT2D eigenvalue weighted by atomic mass is 32.2. The number of sulfonamides is 1. The highest BCUT2D eigenvalue weighted by Crippen LogP contribution is 2.29. The van der Waals surface area contributed by atoms with E-state index in [1.807, 2.05) is 12.1 Å². The van der Waals surface area contributed by atoms with Gasteiger partial charge in [-0.3, -0.25) is 4.72 Å². The first-order chi connectivity index (χ1) is 14.2. The van der Waals surface area contributed by atoms with Gasteiger partial charge < -0.3 is 25.4 Å². The van der Waals surface area contributed by atoms with Gasteiger partial charge in [0.05, 0.1) is 11.9 Å². The fourth-order valence-corrected chi connectivity index (χ4v) is 4.15. The van der Waals surface area contributed by atoms with Crippen molar-refractivity contribution in [2.24, 2.45) is 5.92 Å². The molecule has 0 spiro atoms. The second kappa shape index (κ2) is 9.55. The molecule has 5 N–H and O–H groups in total. The van der Waals surface area contributed by atoms with Gasteiger partial charge in [0, 0.05) is 12.6 Å². The number of aryl methyl sites for hydroxylation is 1. The van der Waals surface area contributed by atoms with Crippen LogP contribution in [0, 0.1) is 5.92 Å². The Hall–Kier alpha value is -2.49. The van der Waals surface area contributed by atoms with Crippen LogP contribution in [0.2, 0.25) is 0 Å². The molecule has 0 heterocycles. The zero-order chi connectivity index (χ0) is 21.7. The maximum absolute atomic E-state index is 11.3. The lowest BCUT2D eigenvalue weighted by molar-refractivity contribution is 0.105. The highest BCUT2D eigenvalue weighted by molar-refractivity contribution is 7.92. The molecule has 0 aliphatic heterocycles. The van der Waals surface area contributed by atoms with Crippen LogP contribution >= 0.6 is 0 Å². The summed E-state index contributed by atoms with van der Waals surface area (Å²) in [5.41, 5.74) is 2.49. The molecular formula is C21H28N2O6S. The number of phenolic OH excluding ortho intramolecular Hbond substituents is 2. The predicted octanol–water partition coefficient (Wildman–Crippen LogP) is 1.60. The quantitative estimate of drug-likeness (QED) is 0.378. The van der Waals surface area contributed by atoms with E-state index in [1.165, 1.54) is 29.3 Å². The number of hydrogen-bond donors (Lipinski definition) is 5. The van der Waals surface area contributed by atoms with E-state index in [9.17, 15) is 23.7 Å². The maximum atomic E-state index is 11.3. The summed E-state index contributed by atoms with van der Waals surface area (Å²) in [5.74, 6) is 0.905. The lowest BCUT2D eigenvalue weighted by Gasteiger charge is -2.25. The summed E-state index contributed by atoms with van der Waals surface area (Å²) in [5, 5.41) is 32.7. The van der Waals surface area contributed by atoms with Crippen molar-refractivity contribution in [2.75, 3.05) is 30.7 Å². The van der Waals surface area contributed by atoms with Crippen molar-refractivity contribution in [2.45, 2.75) is 25.4 Å². The maximum Gasteiger partial charge on any atom is 0.229 e. The van der Waals surface area contributed by atoms with Crippen LogP contribution in [0.15, 0.2) is 36.4 Å². The first kappa shape index (κ1) is 22.2. The van der Waals surface area contributed by atoms with E-state index >= 15 is 0 Å². The summed E-state index contributed by atoms with van der Waals surface area (Å²) >= 11 is 0. The van der Waals surface area contributed by atoms with Crippen molar-refractivity contribution in [1.82, 2.24) is 5.32 Å². The van der Waals surface area contributed by atoms with Crippen molar-refractivity contribution in [3.05, 3.63) is 47.5 Å². The molecule has 0 amide bonds. The number of phenols is 2. The molecule has 0 bridgehead atoms. The average Bonchev–Trinajstić information content (AvgIpc) is 2.67. The van der Waals surface area contributed by atoms with Gasteiger partial charge in [0.2, 0.25) is 10.0 Å². The summed E-state index contributed by atoms with van der Waals surface area (Å²) in [6.45, 7) is 1.17.